The Morgan fingerprint density at radius 1 is 1.38 bits per heavy atom. The molecule has 7 heteroatoms. The summed E-state index contributed by atoms with van der Waals surface area (Å²) in [5.41, 5.74) is 6.34. The van der Waals surface area contributed by atoms with E-state index < -0.39 is 5.25 Å². The van der Waals surface area contributed by atoms with Crippen LogP contribution in [-0.4, -0.2) is 22.2 Å². The molecule has 1 atom stereocenters. The number of thioether (sulfide) groups is 1. The van der Waals surface area contributed by atoms with Crippen molar-refractivity contribution in [2.45, 2.75) is 23.5 Å². The number of amides is 2. The molecule has 2 aromatic rings. The lowest BCUT2D eigenvalue weighted by Gasteiger charge is -2.11. The molecule has 21 heavy (non-hydrogen) atoms. The van der Waals surface area contributed by atoms with Gasteiger partial charge in [0.05, 0.1) is 5.25 Å². The molecule has 0 radical (unpaired) electrons. The summed E-state index contributed by atoms with van der Waals surface area (Å²) in [7, 11) is 0. The first kappa shape index (κ1) is 13.7. The Hall–Kier alpha value is -2.28. The third-order valence-electron chi connectivity index (χ3n) is 3.09. The lowest BCUT2D eigenvalue weighted by Crippen LogP contribution is -2.31. The maximum absolute atomic E-state index is 12.4. The molecule has 1 saturated heterocycles. The van der Waals surface area contributed by atoms with E-state index in [1.54, 1.807) is 25.1 Å². The van der Waals surface area contributed by atoms with Gasteiger partial charge in [-0.25, -0.2) is 4.90 Å². The van der Waals surface area contributed by atoms with Crippen molar-refractivity contribution in [3.63, 3.8) is 0 Å². The molecule has 1 aromatic carbocycles. The van der Waals surface area contributed by atoms with Crippen LogP contribution in [0.4, 0.5) is 11.5 Å². The maximum Gasteiger partial charge on any atom is 0.249 e. The minimum absolute atomic E-state index is 0.143. The van der Waals surface area contributed by atoms with E-state index in [0.717, 1.165) is 9.80 Å². The average molecular weight is 303 g/mol. The SMILES string of the molecule is Cc1cc(N2C(=O)CC(Sc3cccc(N)c3)C2=O)no1. The Kier molecular flexibility index (Phi) is 3.42. The molecule has 0 aliphatic carbocycles. The summed E-state index contributed by atoms with van der Waals surface area (Å²) in [5.74, 6) is 0.256. The minimum atomic E-state index is -0.462. The molecular formula is C14H13N3O3S. The maximum atomic E-state index is 12.4. The van der Waals surface area contributed by atoms with E-state index in [1.807, 2.05) is 12.1 Å². The van der Waals surface area contributed by atoms with Gasteiger partial charge in [0.2, 0.25) is 11.8 Å². The summed E-state index contributed by atoms with van der Waals surface area (Å²) < 4.78 is 4.92. The second kappa shape index (κ2) is 5.25. The minimum Gasteiger partial charge on any atom is -0.399 e. The van der Waals surface area contributed by atoms with Crippen molar-refractivity contribution >= 4 is 35.1 Å². The molecule has 1 fully saturated rings. The van der Waals surface area contributed by atoms with Crippen LogP contribution >= 0.6 is 11.8 Å². The van der Waals surface area contributed by atoms with Crippen LogP contribution < -0.4 is 10.6 Å². The number of anilines is 2. The zero-order chi connectivity index (χ0) is 15.0. The van der Waals surface area contributed by atoms with Gasteiger partial charge in [0.15, 0.2) is 5.82 Å². The lowest BCUT2D eigenvalue weighted by molar-refractivity contribution is -0.121. The number of aryl methyl sites for hydroxylation is 1. The largest absolute Gasteiger partial charge is 0.399 e. The van der Waals surface area contributed by atoms with E-state index in [1.165, 1.54) is 11.8 Å². The Morgan fingerprint density at radius 2 is 2.19 bits per heavy atom. The molecule has 0 saturated carbocycles. The van der Waals surface area contributed by atoms with Crippen molar-refractivity contribution < 1.29 is 14.1 Å². The number of benzene rings is 1. The highest BCUT2D eigenvalue weighted by molar-refractivity contribution is 8.00. The molecule has 1 unspecified atom stereocenters. The van der Waals surface area contributed by atoms with Gasteiger partial charge in [-0.3, -0.25) is 9.59 Å². The van der Waals surface area contributed by atoms with Crippen LogP contribution in [0.2, 0.25) is 0 Å². The molecule has 2 heterocycles. The van der Waals surface area contributed by atoms with Crippen LogP contribution in [0.15, 0.2) is 39.8 Å². The summed E-state index contributed by atoms with van der Waals surface area (Å²) in [6.45, 7) is 1.71. The van der Waals surface area contributed by atoms with E-state index in [0.29, 0.717) is 11.4 Å². The van der Waals surface area contributed by atoms with Crippen molar-refractivity contribution in [1.29, 1.82) is 0 Å². The van der Waals surface area contributed by atoms with Gasteiger partial charge in [0.1, 0.15) is 5.76 Å². The van der Waals surface area contributed by atoms with Crippen LogP contribution in [0, 0.1) is 6.92 Å². The Bertz CT molecular complexity index is 713. The molecule has 1 aromatic heterocycles. The van der Waals surface area contributed by atoms with Gasteiger partial charge in [-0.1, -0.05) is 11.2 Å². The topological polar surface area (TPSA) is 89.4 Å². The second-order valence-electron chi connectivity index (χ2n) is 4.75. The first-order chi connectivity index (χ1) is 10.0. The molecule has 1 aliphatic heterocycles. The van der Waals surface area contributed by atoms with Gasteiger partial charge in [-0.15, -0.1) is 11.8 Å². The van der Waals surface area contributed by atoms with Crippen molar-refractivity contribution in [3.05, 3.63) is 36.1 Å². The summed E-state index contributed by atoms with van der Waals surface area (Å²) >= 11 is 1.33. The summed E-state index contributed by atoms with van der Waals surface area (Å²) in [5, 5.41) is 3.27. The molecule has 2 amide bonds. The fraction of sp³-hybridized carbons (Fsp3) is 0.214. The van der Waals surface area contributed by atoms with Gasteiger partial charge in [-0.2, -0.15) is 0 Å². The smallest absolute Gasteiger partial charge is 0.249 e. The molecule has 108 valence electrons. The third-order valence-corrected chi connectivity index (χ3v) is 4.27. The quantitative estimate of drug-likeness (QED) is 0.689. The predicted molar refractivity (Wildman–Crippen MR) is 78.8 cm³/mol. The molecule has 1 aliphatic rings. The Labute approximate surface area is 125 Å². The van der Waals surface area contributed by atoms with E-state index in [-0.39, 0.29) is 24.1 Å². The summed E-state index contributed by atoms with van der Waals surface area (Å²) in [6, 6.07) is 8.81. The second-order valence-corrected chi connectivity index (χ2v) is 6.02. The number of rotatable bonds is 3. The van der Waals surface area contributed by atoms with Crippen molar-refractivity contribution in [1.82, 2.24) is 5.16 Å². The van der Waals surface area contributed by atoms with E-state index in [4.69, 9.17) is 10.3 Å². The first-order valence-electron chi connectivity index (χ1n) is 6.37. The highest BCUT2D eigenvalue weighted by Crippen LogP contribution is 2.34. The van der Waals surface area contributed by atoms with E-state index in [9.17, 15) is 9.59 Å². The van der Waals surface area contributed by atoms with Crippen LogP contribution in [0.5, 0.6) is 0 Å². The number of aromatic nitrogens is 1. The highest BCUT2D eigenvalue weighted by Gasteiger charge is 2.41. The number of carbonyl (C=O) groups is 2. The summed E-state index contributed by atoms with van der Waals surface area (Å²) in [4.78, 5) is 26.4. The number of nitrogens with zero attached hydrogens (tertiary/aromatic N) is 2. The van der Waals surface area contributed by atoms with Crippen LogP contribution in [0.1, 0.15) is 12.2 Å². The van der Waals surface area contributed by atoms with Gasteiger partial charge in [0, 0.05) is 23.1 Å². The fourth-order valence-corrected chi connectivity index (χ4v) is 3.27. The van der Waals surface area contributed by atoms with Gasteiger partial charge in [-0.05, 0) is 25.1 Å². The Morgan fingerprint density at radius 3 is 2.86 bits per heavy atom. The summed E-state index contributed by atoms with van der Waals surface area (Å²) in [6.07, 6.45) is 0.143. The fourth-order valence-electron chi connectivity index (χ4n) is 2.15. The van der Waals surface area contributed by atoms with Crippen LogP contribution in [-0.2, 0) is 9.59 Å². The van der Waals surface area contributed by atoms with Gasteiger partial charge < -0.3 is 10.3 Å². The molecular weight excluding hydrogens is 290 g/mol. The normalized spacial score (nSPS) is 18.5. The van der Waals surface area contributed by atoms with Crippen LogP contribution in [0.25, 0.3) is 0 Å². The predicted octanol–water partition coefficient (Wildman–Crippen LogP) is 1.99. The molecule has 0 bridgehead atoms. The number of carbonyl (C=O) groups excluding carboxylic acids is 2. The number of imide groups is 1. The standard InChI is InChI=1S/C14H13N3O3S/c1-8-5-12(16-20-8)17-13(18)7-11(14(17)19)21-10-4-2-3-9(15)6-10/h2-6,11H,7,15H2,1H3. The number of nitrogens with two attached hydrogens (primary N) is 1. The Balaban J connectivity index is 1.80. The highest BCUT2D eigenvalue weighted by atomic mass is 32.2. The van der Waals surface area contributed by atoms with Crippen molar-refractivity contribution in [3.8, 4) is 0 Å². The third kappa shape index (κ3) is 2.64. The van der Waals surface area contributed by atoms with Crippen molar-refractivity contribution in [2.24, 2.45) is 0 Å². The first-order valence-corrected chi connectivity index (χ1v) is 7.25. The van der Waals surface area contributed by atoms with Crippen LogP contribution in [0.3, 0.4) is 0 Å². The molecule has 3 rings (SSSR count). The van der Waals surface area contributed by atoms with Gasteiger partial charge in [0.25, 0.3) is 0 Å². The van der Waals surface area contributed by atoms with Crippen molar-refractivity contribution in [2.75, 3.05) is 10.6 Å². The molecule has 2 N–H and O–H groups in total. The monoisotopic (exact) mass is 303 g/mol. The lowest BCUT2D eigenvalue weighted by atomic mass is 10.3. The molecule has 0 spiro atoms. The van der Waals surface area contributed by atoms with E-state index in [2.05, 4.69) is 5.16 Å². The zero-order valence-electron chi connectivity index (χ0n) is 11.3. The zero-order valence-corrected chi connectivity index (χ0v) is 12.1. The molecule has 6 nitrogen and oxygen atoms in total. The van der Waals surface area contributed by atoms with E-state index >= 15 is 0 Å². The average Bonchev–Trinajstić information content (AvgIpc) is 2.94. The number of hydrogen-bond acceptors (Lipinski definition) is 6. The number of nitrogen functional groups attached to an aromatic ring is 1. The number of hydrogen-bond donors (Lipinski definition) is 1. The van der Waals surface area contributed by atoms with Gasteiger partial charge >= 0.3 is 0 Å².